The molecule has 1 radical (unpaired) electrons. The van der Waals surface area contributed by atoms with E-state index in [4.69, 9.17) is 14.5 Å². The average Bonchev–Trinajstić information content (AvgIpc) is 2.22. The maximum Gasteiger partial charge on any atom is 0.469 e. The van der Waals surface area contributed by atoms with Crippen molar-refractivity contribution in [3.05, 3.63) is 6.92 Å². The second-order valence-corrected chi connectivity index (χ2v) is 7.78. The van der Waals surface area contributed by atoms with Crippen molar-refractivity contribution in [1.29, 1.82) is 0 Å². The molecule has 0 aromatic rings. The molecule has 0 amide bonds. The second-order valence-electron chi connectivity index (χ2n) is 6.54. The summed E-state index contributed by atoms with van der Waals surface area (Å²) in [5.41, 5.74) is -9.41. The van der Waals surface area contributed by atoms with E-state index >= 15 is 0 Å². The van der Waals surface area contributed by atoms with Crippen LogP contribution in [0, 0.1) is 6.92 Å². The molecule has 8 nitrogen and oxygen atoms in total. The number of hydrogen-bond donors (Lipinski definition) is 5. The Morgan fingerprint density at radius 1 is 1.00 bits per heavy atom. The van der Waals surface area contributed by atoms with Crippen LogP contribution in [-0.2, 0) is 13.8 Å². The van der Waals surface area contributed by atoms with Gasteiger partial charge in [0.05, 0.1) is 12.2 Å². The smallest absolute Gasteiger partial charge is 0.384 e. The summed E-state index contributed by atoms with van der Waals surface area (Å²) >= 11 is 0. The van der Waals surface area contributed by atoms with Gasteiger partial charge in [-0.2, -0.15) is 0 Å². The van der Waals surface area contributed by atoms with Crippen LogP contribution in [0.15, 0.2) is 0 Å². The lowest BCUT2D eigenvalue weighted by molar-refractivity contribution is -0.391. The minimum absolute atomic E-state index is 0.707. The van der Waals surface area contributed by atoms with Crippen molar-refractivity contribution >= 4 is 7.82 Å². The van der Waals surface area contributed by atoms with Crippen molar-refractivity contribution in [2.75, 3.05) is 6.61 Å². The van der Waals surface area contributed by atoms with E-state index in [9.17, 15) is 19.9 Å². The second kappa shape index (κ2) is 4.72. The SMILES string of the molecule is [CH2][C@]1(C)OC(C)(COP(=O)(O)O)[C@@](C)(O)C(C)(O)C1(C)O. The van der Waals surface area contributed by atoms with Crippen LogP contribution < -0.4 is 0 Å². The first kappa shape index (κ1) is 19.0. The first-order valence-electron chi connectivity index (χ1n) is 6.34. The van der Waals surface area contributed by atoms with Gasteiger partial charge in [0, 0.05) is 0 Å². The third kappa shape index (κ3) is 2.68. The highest BCUT2D eigenvalue weighted by Crippen LogP contribution is 2.54. The molecule has 1 saturated heterocycles. The van der Waals surface area contributed by atoms with Crippen LogP contribution in [0.2, 0.25) is 0 Å². The summed E-state index contributed by atoms with van der Waals surface area (Å²) in [6, 6.07) is 0. The fourth-order valence-electron chi connectivity index (χ4n) is 2.58. The number of hydrogen-bond acceptors (Lipinski definition) is 6. The molecule has 0 aliphatic carbocycles. The molecule has 0 aromatic heterocycles. The molecule has 1 heterocycles. The summed E-state index contributed by atoms with van der Waals surface area (Å²) in [5, 5.41) is 31.9. The molecule has 0 spiro atoms. The molecule has 0 saturated carbocycles. The standard InChI is InChI=1S/C12H24O8P/c1-8(2)10(4,13)12(6,15)11(5,14)9(3,20-8)7-19-21(16,17)18/h13-15H,1,7H2,2-6H3,(H2,16,17,18)/t8-,9?,10?,11-,12?/m1/s1. The molecular formula is C12H24O8P. The van der Waals surface area contributed by atoms with E-state index in [1.807, 2.05) is 0 Å². The van der Waals surface area contributed by atoms with Gasteiger partial charge in [-0.25, -0.2) is 4.57 Å². The number of phosphoric acid groups is 1. The van der Waals surface area contributed by atoms with Gasteiger partial charge in [-0.05, 0) is 41.5 Å². The highest BCUT2D eigenvalue weighted by Gasteiger charge is 2.72. The predicted molar refractivity (Wildman–Crippen MR) is 73.1 cm³/mol. The largest absolute Gasteiger partial charge is 0.469 e. The van der Waals surface area contributed by atoms with Gasteiger partial charge in [-0.3, -0.25) is 4.52 Å². The highest BCUT2D eigenvalue weighted by atomic mass is 31.2. The molecule has 3 unspecified atom stereocenters. The molecule has 0 bridgehead atoms. The normalized spacial score (nSPS) is 47.4. The van der Waals surface area contributed by atoms with E-state index in [-0.39, 0.29) is 0 Å². The monoisotopic (exact) mass is 327 g/mol. The molecular weight excluding hydrogens is 303 g/mol. The maximum atomic E-state index is 10.9. The fourth-order valence-corrected chi connectivity index (χ4v) is 2.99. The van der Waals surface area contributed by atoms with Crippen molar-refractivity contribution < 1.29 is 38.9 Å². The Hall–Kier alpha value is -0.0500. The lowest BCUT2D eigenvalue weighted by Crippen LogP contribution is -2.83. The first-order valence-corrected chi connectivity index (χ1v) is 7.87. The first-order chi connectivity index (χ1) is 8.91. The average molecular weight is 327 g/mol. The van der Waals surface area contributed by atoms with Gasteiger partial charge in [0.25, 0.3) is 0 Å². The Morgan fingerprint density at radius 2 is 1.43 bits per heavy atom. The van der Waals surface area contributed by atoms with E-state index in [1.165, 1.54) is 34.6 Å². The van der Waals surface area contributed by atoms with Gasteiger partial charge >= 0.3 is 7.82 Å². The number of phosphoric ester groups is 1. The minimum Gasteiger partial charge on any atom is -0.384 e. The topological polar surface area (TPSA) is 137 Å². The Balaban J connectivity index is 3.32. The Kier molecular flexibility index (Phi) is 4.27. The fraction of sp³-hybridized carbons (Fsp3) is 0.917. The van der Waals surface area contributed by atoms with E-state index in [2.05, 4.69) is 11.4 Å². The van der Waals surface area contributed by atoms with Crippen molar-refractivity contribution in [2.45, 2.75) is 62.6 Å². The number of rotatable bonds is 3. The van der Waals surface area contributed by atoms with Gasteiger partial charge in [0.1, 0.15) is 22.4 Å². The minimum atomic E-state index is -4.80. The van der Waals surface area contributed by atoms with Crippen molar-refractivity contribution in [3.63, 3.8) is 0 Å². The summed E-state index contributed by atoms with van der Waals surface area (Å²) in [6.07, 6.45) is 0. The third-order valence-electron chi connectivity index (χ3n) is 4.91. The van der Waals surface area contributed by atoms with Gasteiger partial charge in [0.2, 0.25) is 0 Å². The van der Waals surface area contributed by atoms with Crippen LogP contribution in [-0.4, -0.2) is 59.7 Å². The summed E-state index contributed by atoms with van der Waals surface area (Å²) in [4.78, 5) is 17.6. The highest BCUT2D eigenvalue weighted by molar-refractivity contribution is 7.46. The maximum absolute atomic E-state index is 10.9. The van der Waals surface area contributed by atoms with Crippen LogP contribution in [0.1, 0.15) is 34.6 Å². The van der Waals surface area contributed by atoms with Gasteiger partial charge in [-0.1, -0.05) is 0 Å². The molecule has 125 valence electrons. The molecule has 1 aliphatic heterocycles. The zero-order valence-corrected chi connectivity index (χ0v) is 13.7. The van der Waals surface area contributed by atoms with E-state index < -0.39 is 42.4 Å². The lowest BCUT2D eigenvalue weighted by Gasteiger charge is -2.65. The van der Waals surface area contributed by atoms with Crippen LogP contribution >= 0.6 is 7.82 Å². The Bertz CT molecular complexity index is 464. The molecule has 1 fully saturated rings. The Morgan fingerprint density at radius 3 is 1.81 bits per heavy atom. The summed E-state index contributed by atoms with van der Waals surface area (Å²) in [7, 11) is -4.80. The van der Waals surface area contributed by atoms with Gasteiger partial charge in [-0.15, -0.1) is 0 Å². The number of aliphatic hydroxyl groups is 3. The molecule has 0 aromatic carbocycles. The summed E-state index contributed by atoms with van der Waals surface area (Å²) in [6.45, 7) is 9.35. The molecule has 5 atom stereocenters. The molecule has 1 aliphatic rings. The predicted octanol–water partition coefficient (Wildman–Crippen LogP) is -0.270. The molecule has 5 N–H and O–H groups in total. The summed E-state index contributed by atoms with van der Waals surface area (Å²) < 4.78 is 20.9. The van der Waals surface area contributed by atoms with Crippen LogP contribution in [0.5, 0.6) is 0 Å². The van der Waals surface area contributed by atoms with E-state index in [0.717, 1.165) is 0 Å². The van der Waals surface area contributed by atoms with Crippen LogP contribution in [0.25, 0.3) is 0 Å². The third-order valence-corrected chi connectivity index (χ3v) is 5.38. The van der Waals surface area contributed by atoms with Crippen molar-refractivity contribution in [1.82, 2.24) is 0 Å². The van der Waals surface area contributed by atoms with Crippen LogP contribution in [0.3, 0.4) is 0 Å². The van der Waals surface area contributed by atoms with Crippen LogP contribution in [0.4, 0.5) is 0 Å². The van der Waals surface area contributed by atoms with Gasteiger partial charge < -0.3 is 29.8 Å². The van der Waals surface area contributed by atoms with E-state index in [1.54, 1.807) is 0 Å². The zero-order chi connectivity index (χ0) is 17.1. The van der Waals surface area contributed by atoms with Gasteiger partial charge in [0.15, 0.2) is 0 Å². The lowest BCUT2D eigenvalue weighted by atomic mass is 9.59. The quantitative estimate of drug-likeness (QED) is 0.447. The van der Waals surface area contributed by atoms with Crippen molar-refractivity contribution in [2.24, 2.45) is 0 Å². The van der Waals surface area contributed by atoms with E-state index in [0.29, 0.717) is 0 Å². The molecule has 21 heavy (non-hydrogen) atoms. The Labute approximate surface area is 123 Å². The zero-order valence-electron chi connectivity index (χ0n) is 12.8. The molecule has 9 heteroatoms. The molecule has 1 rings (SSSR count). The number of ether oxygens (including phenoxy) is 1. The van der Waals surface area contributed by atoms with Crippen molar-refractivity contribution in [3.8, 4) is 0 Å². The summed E-state index contributed by atoms with van der Waals surface area (Å²) in [5.74, 6) is 0.